The summed E-state index contributed by atoms with van der Waals surface area (Å²) in [5.41, 5.74) is 5.19. The Balaban J connectivity index is 1.83. The van der Waals surface area contributed by atoms with Crippen molar-refractivity contribution in [3.8, 4) is 28.3 Å². The Morgan fingerprint density at radius 2 is 1.29 bits per heavy atom. The van der Waals surface area contributed by atoms with Crippen molar-refractivity contribution in [3.63, 3.8) is 0 Å². The Hall–Kier alpha value is -3.90. The van der Waals surface area contributed by atoms with E-state index < -0.39 is 0 Å². The van der Waals surface area contributed by atoms with Crippen molar-refractivity contribution in [2.75, 3.05) is 5.32 Å². The maximum atomic E-state index is 15.2. The summed E-state index contributed by atoms with van der Waals surface area (Å²) in [7, 11) is 0. The first-order chi connectivity index (χ1) is 13.7. The number of nitriles is 1. The molecule has 3 heteroatoms. The summed E-state index contributed by atoms with van der Waals surface area (Å²) >= 11 is 0. The minimum Gasteiger partial charge on any atom is -0.353 e. The summed E-state index contributed by atoms with van der Waals surface area (Å²) in [4.78, 5) is 0. The fourth-order valence-corrected chi connectivity index (χ4v) is 3.15. The third kappa shape index (κ3) is 3.62. The highest BCUT2D eigenvalue weighted by Gasteiger charge is 2.14. The van der Waals surface area contributed by atoms with E-state index in [2.05, 4.69) is 11.4 Å². The van der Waals surface area contributed by atoms with Crippen LogP contribution in [0.4, 0.5) is 15.8 Å². The molecule has 2 nitrogen and oxygen atoms in total. The molecule has 0 aliphatic rings. The van der Waals surface area contributed by atoms with Crippen LogP contribution in [0.2, 0.25) is 0 Å². The fraction of sp³-hybridized carbons (Fsp3) is 0. The lowest BCUT2D eigenvalue weighted by molar-refractivity contribution is 0.633. The summed E-state index contributed by atoms with van der Waals surface area (Å²) < 4.78 is 15.2. The molecule has 1 N–H and O–H groups in total. The molecule has 0 aromatic heterocycles. The minimum atomic E-state index is -0.329. The van der Waals surface area contributed by atoms with Crippen LogP contribution in [0.1, 0.15) is 5.56 Å². The Morgan fingerprint density at radius 3 is 1.89 bits per heavy atom. The molecule has 0 fully saturated rings. The van der Waals surface area contributed by atoms with E-state index >= 15 is 4.39 Å². The molecule has 0 saturated carbocycles. The molecule has 0 saturated heterocycles. The number of hydrogen-bond donors (Lipinski definition) is 1. The standard InChI is InChI=1S/C25H17FN2/c26-24-16-21(19-7-3-1-4-8-19)15-23(20-9-5-2-6-10-20)25(24)28-22-13-11-18(17-27)12-14-22/h1-16,28H. The lowest BCUT2D eigenvalue weighted by Gasteiger charge is -2.16. The molecule has 4 rings (SSSR count). The number of anilines is 2. The van der Waals surface area contributed by atoms with Gasteiger partial charge in [-0.05, 0) is 53.1 Å². The zero-order chi connectivity index (χ0) is 19.3. The summed E-state index contributed by atoms with van der Waals surface area (Å²) in [6.45, 7) is 0. The molecule has 0 aliphatic heterocycles. The van der Waals surface area contributed by atoms with Crippen LogP contribution in [0.15, 0.2) is 97.1 Å². The van der Waals surface area contributed by atoms with Crippen LogP contribution in [-0.4, -0.2) is 0 Å². The van der Waals surface area contributed by atoms with E-state index in [-0.39, 0.29) is 5.82 Å². The van der Waals surface area contributed by atoms with E-state index in [0.717, 1.165) is 27.9 Å². The van der Waals surface area contributed by atoms with Crippen LogP contribution in [0.25, 0.3) is 22.3 Å². The maximum absolute atomic E-state index is 15.2. The molecule has 0 bridgehead atoms. The second-order valence-electron chi connectivity index (χ2n) is 6.43. The molecule has 0 unspecified atom stereocenters. The number of halogens is 1. The van der Waals surface area contributed by atoms with E-state index in [9.17, 15) is 0 Å². The average molecular weight is 364 g/mol. The molecule has 28 heavy (non-hydrogen) atoms. The van der Waals surface area contributed by atoms with Gasteiger partial charge in [-0.1, -0.05) is 60.7 Å². The highest BCUT2D eigenvalue weighted by atomic mass is 19.1. The van der Waals surface area contributed by atoms with Gasteiger partial charge in [-0.3, -0.25) is 0 Å². The molecule has 0 heterocycles. The summed E-state index contributed by atoms with van der Waals surface area (Å²) in [6, 6.07) is 32.1. The van der Waals surface area contributed by atoms with Gasteiger partial charge in [0.25, 0.3) is 0 Å². The number of nitrogens with one attached hydrogen (secondary N) is 1. The van der Waals surface area contributed by atoms with Crippen molar-refractivity contribution in [3.05, 3.63) is 108 Å². The maximum Gasteiger partial charge on any atom is 0.147 e. The van der Waals surface area contributed by atoms with Crippen molar-refractivity contribution in [2.45, 2.75) is 0 Å². The van der Waals surface area contributed by atoms with E-state index in [1.54, 1.807) is 30.3 Å². The predicted molar refractivity (Wildman–Crippen MR) is 112 cm³/mol. The SMILES string of the molecule is N#Cc1ccc(Nc2c(F)cc(-c3ccccc3)cc2-c2ccccc2)cc1. The largest absolute Gasteiger partial charge is 0.353 e. The molecule has 0 amide bonds. The second kappa shape index (κ2) is 7.77. The monoisotopic (exact) mass is 364 g/mol. The first-order valence-electron chi connectivity index (χ1n) is 8.96. The number of hydrogen-bond acceptors (Lipinski definition) is 2. The Morgan fingerprint density at radius 1 is 0.679 bits per heavy atom. The van der Waals surface area contributed by atoms with Crippen LogP contribution in [-0.2, 0) is 0 Å². The Kier molecular flexibility index (Phi) is 4.86. The lowest BCUT2D eigenvalue weighted by Crippen LogP contribution is -1.98. The summed E-state index contributed by atoms with van der Waals surface area (Å²) in [5.74, 6) is -0.329. The van der Waals surface area contributed by atoms with E-state index in [1.807, 2.05) is 66.7 Å². The van der Waals surface area contributed by atoms with Crippen LogP contribution in [0, 0.1) is 17.1 Å². The highest BCUT2D eigenvalue weighted by molar-refractivity contribution is 5.85. The zero-order valence-electron chi connectivity index (χ0n) is 15.1. The second-order valence-corrected chi connectivity index (χ2v) is 6.43. The van der Waals surface area contributed by atoms with Gasteiger partial charge < -0.3 is 5.32 Å². The molecular weight excluding hydrogens is 347 g/mol. The predicted octanol–water partition coefficient (Wildman–Crippen LogP) is 6.77. The molecule has 4 aromatic rings. The average Bonchev–Trinajstić information content (AvgIpc) is 2.76. The quantitative estimate of drug-likeness (QED) is 0.433. The third-order valence-electron chi connectivity index (χ3n) is 4.57. The first-order valence-corrected chi connectivity index (χ1v) is 8.96. The first kappa shape index (κ1) is 17.5. The highest BCUT2D eigenvalue weighted by Crippen LogP contribution is 2.36. The molecule has 0 radical (unpaired) electrons. The van der Waals surface area contributed by atoms with Crippen LogP contribution in [0.3, 0.4) is 0 Å². The van der Waals surface area contributed by atoms with Crippen molar-refractivity contribution in [1.82, 2.24) is 0 Å². The van der Waals surface area contributed by atoms with Crippen LogP contribution in [0.5, 0.6) is 0 Å². The van der Waals surface area contributed by atoms with Gasteiger partial charge in [0, 0.05) is 11.3 Å². The number of rotatable bonds is 4. The normalized spacial score (nSPS) is 10.3. The summed E-state index contributed by atoms with van der Waals surface area (Å²) in [5, 5.41) is 12.1. The van der Waals surface area contributed by atoms with Crippen molar-refractivity contribution in [1.29, 1.82) is 5.26 Å². The van der Waals surface area contributed by atoms with Gasteiger partial charge in [0.2, 0.25) is 0 Å². The summed E-state index contributed by atoms with van der Waals surface area (Å²) in [6.07, 6.45) is 0. The van der Waals surface area contributed by atoms with E-state index in [4.69, 9.17) is 5.26 Å². The van der Waals surface area contributed by atoms with Crippen LogP contribution < -0.4 is 5.32 Å². The minimum absolute atomic E-state index is 0.329. The molecular formula is C25H17FN2. The van der Waals surface area contributed by atoms with Crippen molar-refractivity contribution < 1.29 is 4.39 Å². The van der Waals surface area contributed by atoms with Crippen molar-refractivity contribution in [2.24, 2.45) is 0 Å². The van der Waals surface area contributed by atoms with Gasteiger partial charge in [-0.2, -0.15) is 5.26 Å². The van der Waals surface area contributed by atoms with Gasteiger partial charge in [-0.25, -0.2) is 4.39 Å². The molecule has 0 spiro atoms. The molecule has 0 atom stereocenters. The number of nitrogens with zero attached hydrogens (tertiary/aromatic N) is 1. The Labute approximate surface area is 163 Å². The van der Waals surface area contributed by atoms with E-state index in [1.165, 1.54) is 0 Å². The van der Waals surface area contributed by atoms with Gasteiger partial charge in [0.05, 0.1) is 17.3 Å². The zero-order valence-corrected chi connectivity index (χ0v) is 15.1. The van der Waals surface area contributed by atoms with Gasteiger partial charge in [-0.15, -0.1) is 0 Å². The smallest absolute Gasteiger partial charge is 0.147 e. The fourth-order valence-electron chi connectivity index (χ4n) is 3.15. The van der Waals surface area contributed by atoms with Gasteiger partial charge in [0.1, 0.15) is 5.82 Å². The van der Waals surface area contributed by atoms with Gasteiger partial charge >= 0.3 is 0 Å². The van der Waals surface area contributed by atoms with Gasteiger partial charge in [0.15, 0.2) is 0 Å². The topological polar surface area (TPSA) is 35.8 Å². The van der Waals surface area contributed by atoms with Crippen molar-refractivity contribution >= 4 is 11.4 Å². The molecule has 4 aromatic carbocycles. The number of benzene rings is 4. The molecule has 134 valence electrons. The van der Waals surface area contributed by atoms with Crippen LogP contribution >= 0.6 is 0 Å². The lowest BCUT2D eigenvalue weighted by atomic mass is 9.96. The Bertz CT molecular complexity index is 1130. The van der Waals surface area contributed by atoms with E-state index in [0.29, 0.717) is 11.3 Å². The molecule has 0 aliphatic carbocycles. The third-order valence-corrected chi connectivity index (χ3v) is 4.57.